The van der Waals surface area contributed by atoms with E-state index in [4.69, 9.17) is 16.3 Å². The maximum absolute atomic E-state index is 12.3. The molecule has 5 heteroatoms. The van der Waals surface area contributed by atoms with E-state index in [9.17, 15) is 9.59 Å². The minimum Gasteiger partial charge on any atom is -0.480 e. The van der Waals surface area contributed by atoms with Gasteiger partial charge in [-0.05, 0) is 48.0 Å². The highest BCUT2D eigenvalue weighted by Gasteiger charge is 2.17. The minimum atomic E-state index is -0.768. The van der Waals surface area contributed by atoms with E-state index in [2.05, 4.69) is 5.32 Å². The highest BCUT2D eigenvalue weighted by atomic mass is 35.5. The number of aldehydes is 1. The van der Waals surface area contributed by atoms with E-state index in [1.165, 1.54) is 0 Å². The number of halogens is 1. The molecule has 126 valence electrons. The lowest BCUT2D eigenvalue weighted by Gasteiger charge is -2.17. The normalized spacial score (nSPS) is 11.8. The smallest absolute Gasteiger partial charge is 0.265 e. The third kappa shape index (κ3) is 3.80. The number of amides is 1. The molecule has 1 atom stereocenters. The molecule has 0 aliphatic heterocycles. The van der Waals surface area contributed by atoms with Gasteiger partial charge in [0.15, 0.2) is 12.4 Å². The number of nitrogens with one attached hydrogen (secondary N) is 1. The number of anilines is 1. The van der Waals surface area contributed by atoms with Crippen LogP contribution in [0.3, 0.4) is 0 Å². The number of rotatable bonds is 5. The van der Waals surface area contributed by atoms with Crippen molar-refractivity contribution < 1.29 is 14.3 Å². The fourth-order valence-electron chi connectivity index (χ4n) is 2.52. The second kappa shape index (κ2) is 7.36. The van der Waals surface area contributed by atoms with Gasteiger partial charge in [-0.3, -0.25) is 9.59 Å². The Morgan fingerprint density at radius 2 is 1.80 bits per heavy atom. The Hall–Kier alpha value is -2.85. The number of hydrogen-bond acceptors (Lipinski definition) is 3. The molecule has 25 heavy (non-hydrogen) atoms. The summed E-state index contributed by atoms with van der Waals surface area (Å²) in [6.07, 6.45) is -0.0165. The molecule has 0 radical (unpaired) electrons. The monoisotopic (exact) mass is 353 g/mol. The summed E-state index contributed by atoms with van der Waals surface area (Å²) in [6, 6.07) is 17.9. The van der Waals surface area contributed by atoms with E-state index < -0.39 is 6.10 Å². The van der Waals surface area contributed by atoms with Gasteiger partial charge in [0.2, 0.25) is 0 Å². The van der Waals surface area contributed by atoms with E-state index in [0.717, 1.165) is 17.1 Å². The first kappa shape index (κ1) is 17.0. The van der Waals surface area contributed by atoms with Gasteiger partial charge < -0.3 is 10.1 Å². The molecule has 1 amide bonds. The van der Waals surface area contributed by atoms with Gasteiger partial charge in [0.25, 0.3) is 5.91 Å². The highest BCUT2D eigenvalue weighted by molar-refractivity contribution is 6.30. The van der Waals surface area contributed by atoms with E-state index in [1.807, 2.05) is 30.3 Å². The molecule has 3 aromatic rings. The Morgan fingerprint density at radius 1 is 1.08 bits per heavy atom. The number of carbonyl (C=O) groups is 2. The van der Waals surface area contributed by atoms with Crippen LogP contribution in [0.15, 0.2) is 60.7 Å². The summed E-state index contributed by atoms with van der Waals surface area (Å²) in [4.78, 5) is 23.8. The van der Waals surface area contributed by atoms with Crippen LogP contribution in [-0.2, 0) is 4.79 Å². The number of ether oxygens (including phenoxy) is 1. The van der Waals surface area contributed by atoms with Crippen LogP contribution in [0.2, 0.25) is 5.02 Å². The van der Waals surface area contributed by atoms with Crippen molar-refractivity contribution in [1.29, 1.82) is 0 Å². The SMILES string of the molecule is C[C@@H](Oc1ccc2ccccc2c1C=O)C(=O)Nc1ccc(Cl)cc1. The lowest BCUT2D eigenvalue weighted by molar-refractivity contribution is -0.122. The molecule has 0 saturated heterocycles. The molecule has 0 unspecified atom stereocenters. The zero-order valence-corrected chi connectivity index (χ0v) is 14.3. The summed E-state index contributed by atoms with van der Waals surface area (Å²) in [5, 5.41) is 5.08. The van der Waals surface area contributed by atoms with Crippen LogP contribution in [-0.4, -0.2) is 18.3 Å². The standard InChI is InChI=1S/C20H16ClNO3/c1-13(20(24)22-16-9-7-15(21)8-10-16)25-19-11-6-14-4-2-3-5-17(14)18(19)12-23/h2-13H,1H3,(H,22,24)/t13-/m1/s1. The van der Waals surface area contributed by atoms with Gasteiger partial charge in [0.05, 0.1) is 5.56 Å². The van der Waals surface area contributed by atoms with E-state index >= 15 is 0 Å². The molecule has 1 N–H and O–H groups in total. The fourth-order valence-corrected chi connectivity index (χ4v) is 2.65. The molecule has 0 aromatic heterocycles. The first-order valence-corrected chi connectivity index (χ1v) is 8.16. The number of fused-ring (bicyclic) bond motifs is 1. The number of carbonyl (C=O) groups excluding carboxylic acids is 2. The molecule has 0 saturated carbocycles. The first-order valence-electron chi connectivity index (χ1n) is 7.78. The predicted octanol–water partition coefficient (Wildman–Crippen LogP) is 4.71. The van der Waals surface area contributed by atoms with Crippen molar-refractivity contribution in [2.75, 3.05) is 5.32 Å². The van der Waals surface area contributed by atoms with Crippen LogP contribution in [0.5, 0.6) is 5.75 Å². The van der Waals surface area contributed by atoms with Gasteiger partial charge in [-0.2, -0.15) is 0 Å². The second-order valence-corrected chi connectivity index (χ2v) is 6.01. The quantitative estimate of drug-likeness (QED) is 0.676. The second-order valence-electron chi connectivity index (χ2n) is 5.57. The molecule has 0 aliphatic carbocycles. The summed E-state index contributed by atoms with van der Waals surface area (Å²) < 4.78 is 5.73. The lowest BCUT2D eigenvalue weighted by Crippen LogP contribution is -2.30. The third-order valence-electron chi connectivity index (χ3n) is 3.83. The molecule has 3 aromatic carbocycles. The molecule has 0 spiro atoms. The fraction of sp³-hybridized carbons (Fsp3) is 0.100. The van der Waals surface area contributed by atoms with Gasteiger partial charge in [-0.1, -0.05) is 41.9 Å². The Morgan fingerprint density at radius 3 is 2.52 bits per heavy atom. The van der Waals surface area contributed by atoms with Crippen molar-refractivity contribution >= 4 is 40.3 Å². The van der Waals surface area contributed by atoms with Crippen molar-refractivity contribution in [3.8, 4) is 5.75 Å². The van der Waals surface area contributed by atoms with Gasteiger partial charge in [-0.25, -0.2) is 0 Å². The zero-order chi connectivity index (χ0) is 17.8. The maximum Gasteiger partial charge on any atom is 0.265 e. The average Bonchev–Trinajstić information content (AvgIpc) is 2.63. The molecular formula is C20H16ClNO3. The van der Waals surface area contributed by atoms with E-state index in [1.54, 1.807) is 37.3 Å². The van der Waals surface area contributed by atoms with Crippen LogP contribution in [0.1, 0.15) is 17.3 Å². The van der Waals surface area contributed by atoms with Crippen LogP contribution < -0.4 is 10.1 Å². The molecular weight excluding hydrogens is 338 g/mol. The number of hydrogen-bond donors (Lipinski definition) is 1. The van der Waals surface area contributed by atoms with E-state index in [0.29, 0.717) is 22.0 Å². The van der Waals surface area contributed by atoms with Gasteiger partial charge in [0.1, 0.15) is 5.75 Å². The Labute approximate surface area is 150 Å². The largest absolute Gasteiger partial charge is 0.480 e. The molecule has 4 nitrogen and oxygen atoms in total. The van der Waals surface area contributed by atoms with Crippen molar-refractivity contribution in [3.05, 3.63) is 71.2 Å². The zero-order valence-electron chi connectivity index (χ0n) is 13.5. The van der Waals surface area contributed by atoms with E-state index in [-0.39, 0.29) is 5.91 Å². The van der Waals surface area contributed by atoms with Crippen molar-refractivity contribution in [1.82, 2.24) is 0 Å². The van der Waals surface area contributed by atoms with Crippen LogP contribution in [0.4, 0.5) is 5.69 Å². The van der Waals surface area contributed by atoms with Crippen molar-refractivity contribution in [2.45, 2.75) is 13.0 Å². The van der Waals surface area contributed by atoms with Crippen molar-refractivity contribution in [3.63, 3.8) is 0 Å². The minimum absolute atomic E-state index is 0.313. The summed E-state index contributed by atoms with van der Waals surface area (Å²) in [5.41, 5.74) is 1.06. The summed E-state index contributed by atoms with van der Waals surface area (Å²) in [7, 11) is 0. The molecule has 0 aliphatic rings. The van der Waals surface area contributed by atoms with Crippen molar-refractivity contribution in [2.24, 2.45) is 0 Å². The molecule has 0 heterocycles. The van der Waals surface area contributed by atoms with Crippen LogP contribution >= 0.6 is 11.6 Å². The maximum atomic E-state index is 12.3. The Bertz CT molecular complexity index is 922. The lowest BCUT2D eigenvalue weighted by atomic mass is 10.0. The van der Waals surface area contributed by atoms with Crippen LogP contribution in [0.25, 0.3) is 10.8 Å². The third-order valence-corrected chi connectivity index (χ3v) is 4.09. The predicted molar refractivity (Wildman–Crippen MR) is 99.5 cm³/mol. The number of benzene rings is 3. The Kier molecular flexibility index (Phi) is 5.00. The van der Waals surface area contributed by atoms with Gasteiger partial charge in [0, 0.05) is 10.7 Å². The molecule has 0 fully saturated rings. The van der Waals surface area contributed by atoms with Crippen LogP contribution in [0, 0.1) is 0 Å². The Balaban J connectivity index is 1.79. The average molecular weight is 354 g/mol. The topological polar surface area (TPSA) is 55.4 Å². The molecule has 3 rings (SSSR count). The van der Waals surface area contributed by atoms with Gasteiger partial charge >= 0.3 is 0 Å². The van der Waals surface area contributed by atoms with Gasteiger partial charge in [-0.15, -0.1) is 0 Å². The summed E-state index contributed by atoms with van der Waals surface area (Å²) >= 11 is 5.83. The summed E-state index contributed by atoms with van der Waals surface area (Å²) in [6.45, 7) is 1.63. The summed E-state index contributed by atoms with van der Waals surface area (Å²) in [5.74, 6) is 0.0692. The molecule has 0 bridgehead atoms. The highest BCUT2D eigenvalue weighted by Crippen LogP contribution is 2.27. The first-order chi connectivity index (χ1) is 12.1.